The molecule has 2 heterocycles. The van der Waals surface area contributed by atoms with E-state index < -0.39 is 16.5 Å². The van der Waals surface area contributed by atoms with Crippen molar-refractivity contribution in [2.24, 2.45) is 5.41 Å². The minimum absolute atomic E-state index is 0.0692. The fraction of sp³-hybridized carbons (Fsp3) is 0.593. The van der Waals surface area contributed by atoms with Crippen LogP contribution in [0.25, 0.3) is 0 Å². The van der Waals surface area contributed by atoms with Crippen LogP contribution < -0.4 is 20.3 Å². The number of hydrogen-bond acceptors (Lipinski definition) is 7. The van der Waals surface area contributed by atoms with E-state index in [4.69, 9.17) is 4.98 Å². The molecule has 37 heavy (non-hydrogen) atoms. The normalized spacial score (nSPS) is 18.3. The third-order valence-corrected chi connectivity index (χ3v) is 8.55. The molecular weight excluding hydrogens is 488 g/mol. The maximum absolute atomic E-state index is 13.4. The van der Waals surface area contributed by atoms with E-state index in [0.717, 1.165) is 25.9 Å². The lowest BCUT2D eigenvalue weighted by Crippen LogP contribution is -2.44. The quantitative estimate of drug-likeness (QED) is 0.407. The van der Waals surface area contributed by atoms with Gasteiger partial charge in [0.15, 0.2) is 11.5 Å². The first-order valence-corrected chi connectivity index (χ1v) is 14.2. The van der Waals surface area contributed by atoms with Crippen LogP contribution in [0.4, 0.5) is 17.3 Å². The molecule has 1 saturated carbocycles. The maximum atomic E-state index is 13.4. The molecule has 0 radical (unpaired) electrons. The summed E-state index contributed by atoms with van der Waals surface area (Å²) in [6.45, 7) is 11.2. The van der Waals surface area contributed by atoms with Crippen molar-refractivity contribution >= 4 is 34.2 Å². The molecule has 10 heteroatoms. The van der Waals surface area contributed by atoms with Crippen LogP contribution in [0.2, 0.25) is 0 Å². The predicted octanol–water partition coefficient (Wildman–Crippen LogP) is 4.09. The van der Waals surface area contributed by atoms with Crippen molar-refractivity contribution in [3.8, 4) is 0 Å². The summed E-state index contributed by atoms with van der Waals surface area (Å²) in [6.07, 6.45) is 7.58. The number of anilines is 3. The Balaban J connectivity index is 1.57. The Bertz CT molecular complexity index is 1150. The Morgan fingerprint density at radius 3 is 2.43 bits per heavy atom. The van der Waals surface area contributed by atoms with Gasteiger partial charge in [-0.2, -0.15) is 0 Å². The monoisotopic (exact) mass is 528 g/mol. The van der Waals surface area contributed by atoms with Gasteiger partial charge >= 0.3 is 0 Å². The Hall–Kier alpha value is -2.56. The number of piperidine rings is 1. The fourth-order valence-corrected chi connectivity index (χ4v) is 5.90. The van der Waals surface area contributed by atoms with Crippen molar-refractivity contribution in [2.45, 2.75) is 82.7 Å². The number of rotatable bonds is 8. The summed E-state index contributed by atoms with van der Waals surface area (Å²) in [5.41, 5.74) is 0.344. The standard InChI is InChI=1S/C27H40N6O3S/c1-25(2,3)32-37(36)20-9-6-8-19(16-20)29-24(35)22-23(30-21(17-28-22)31-26(4,5)18-34)33-14-12-27(13-15-33)10-7-11-27/h6,8-9,16-17,32,34H,7,10-15,18H2,1-5H3,(H,29,35)(H,30,31). The van der Waals surface area contributed by atoms with Crippen LogP contribution in [0.5, 0.6) is 0 Å². The zero-order valence-electron chi connectivity index (χ0n) is 22.6. The molecule has 1 aromatic heterocycles. The first kappa shape index (κ1) is 27.5. The van der Waals surface area contributed by atoms with E-state index in [0.29, 0.717) is 27.6 Å². The largest absolute Gasteiger partial charge is 0.394 e. The maximum Gasteiger partial charge on any atom is 0.278 e. The van der Waals surface area contributed by atoms with E-state index in [9.17, 15) is 14.1 Å². The van der Waals surface area contributed by atoms with E-state index in [1.807, 2.05) is 34.6 Å². The minimum Gasteiger partial charge on any atom is -0.394 e. The zero-order valence-corrected chi connectivity index (χ0v) is 23.4. The van der Waals surface area contributed by atoms with Gasteiger partial charge in [0.1, 0.15) is 16.8 Å². The molecule has 202 valence electrons. The van der Waals surface area contributed by atoms with E-state index >= 15 is 0 Å². The van der Waals surface area contributed by atoms with Gasteiger partial charge in [-0.15, -0.1) is 0 Å². The molecule has 4 N–H and O–H groups in total. The summed E-state index contributed by atoms with van der Waals surface area (Å²) in [4.78, 5) is 25.5. The van der Waals surface area contributed by atoms with Crippen molar-refractivity contribution in [3.63, 3.8) is 0 Å². The van der Waals surface area contributed by atoms with E-state index in [1.165, 1.54) is 25.5 Å². The van der Waals surface area contributed by atoms with Gasteiger partial charge in [-0.1, -0.05) is 12.5 Å². The number of carbonyl (C=O) groups excluding carboxylic acids is 1. The number of hydrogen-bond donors (Lipinski definition) is 4. The SMILES string of the molecule is CC(C)(C)NS(=O)c1cccc(NC(=O)c2ncc(NC(C)(C)CO)nc2N2CCC3(CCC3)CC2)c1. The Morgan fingerprint density at radius 2 is 1.84 bits per heavy atom. The zero-order chi connectivity index (χ0) is 26.8. The number of nitrogens with one attached hydrogen (secondary N) is 3. The number of amides is 1. The summed E-state index contributed by atoms with van der Waals surface area (Å²) in [5.74, 6) is 0.686. The number of carbonyl (C=O) groups is 1. The molecule has 4 rings (SSSR count). The highest BCUT2D eigenvalue weighted by atomic mass is 32.2. The van der Waals surface area contributed by atoms with Crippen molar-refractivity contribution in [1.29, 1.82) is 0 Å². The van der Waals surface area contributed by atoms with Gasteiger partial charge in [0.25, 0.3) is 5.91 Å². The number of aliphatic hydroxyl groups excluding tert-OH is 1. The highest BCUT2D eigenvalue weighted by Gasteiger charge is 2.40. The lowest BCUT2D eigenvalue weighted by atomic mass is 9.63. The summed E-state index contributed by atoms with van der Waals surface area (Å²) in [7, 11) is -1.41. The van der Waals surface area contributed by atoms with Gasteiger partial charge in [0, 0.05) is 24.3 Å². The van der Waals surface area contributed by atoms with E-state index in [2.05, 4.69) is 25.2 Å². The van der Waals surface area contributed by atoms with Crippen LogP contribution in [-0.4, -0.2) is 56.0 Å². The number of aliphatic hydroxyl groups is 1. The lowest BCUT2D eigenvalue weighted by molar-refractivity contribution is 0.0949. The minimum atomic E-state index is -1.41. The van der Waals surface area contributed by atoms with Crippen LogP contribution in [0.3, 0.4) is 0 Å². The van der Waals surface area contributed by atoms with Crippen LogP contribution in [0, 0.1) is 5.41 Å². The third-order valence-electron chi connectivity index (χ3n) is 7.07. The second kappa shape index (κ2) is 10.7. The van der Waals surface area contributed by atoms with Gasteiger partial charge in [-0.3, -0.25) is 4.79 Å². The van der Waals surface area contributed by atoms with Gasteiger partial charge in [-0.25, -0.2) is 18.9 Å². The summed E-state index contributed by atoms with van der Waals surface area (Å²) >= 11 is 0. The summed E-state index contributed by atoms with van der Waals surface area (Å²) in [5, 5.41) is 15.8. The lowest BCUT2D eigenvalue weighted by Gasteiger charge is -2.48. The van der Waals surface area contributed by atoms with Gasteiger partial charge in [-0.05, 0) is 83.9 Å². The molecule has 2 aliphatic rings. The van der Waals surface area contributed by atoms with Crippen LogP contribution in [0.1, 0.15) is 77.2 Å². The Kier molecular flexibility index (Phi) is 7.92. The fourth-order valence-electron chi connectivity index (χ4n) is 4.79. The molecule has 0 bridgehead atoms. The molecule has 1 aromatic carbocycles. The highest BCUT2D eigenvalue weighted by Crippen LogP contribution is 2.49. The molecule has 1 saturated heterocycles. The molecule has 2 aromatic rings. The van der Waals surface area contributed by atoms with Crippen molar-refractivity contribution < 1.29 is 14.1 Å². The Morgan fingerprint density at radius 1 is 1.14 bits per heavy atom. The third kappa shape index (κ3) is 6.86. The first-order valence-electron chi connectivity index (χ1n) is 13.0. The van der Waals surface area contributed by atoms with E-state index in [1.54, 1.807) is 24.3 Å². The predicted molar refractivity (Wildman–Crippen MR) is 148 cm³/mol. The number of benzene rings is 1. The number of nitrogens with zero attached hydrogens (tertiary/aromatic N) is 3. The van der Waals surface area contributed by atoms with Gasteiger partial charge < -0.3 is 20.6 Å². The average molecular weight is 529 g/mol. The molecule has 1 atom stereocenters. The van der Waals surface area contributed by atoms with Crippen LogP contribution >= 0.6 is 0 Å². The second-order valence-electron chi connectivity index (χ2n) is 12.0. The molecular formula is C27H40N6O3S. The molecule has 2 fully saturated rings. The van der Waals surface area contributed by atoms with Gasteiger partial charge in [0.05, 0.1) is 23.2 Å². The van der Waals surface area contributed by atoms with Gasteiger partial charge in [0.2, 0.25) is 0 Å². The molecule has 1 aliphatic carbocycles. The van der Waals surface area contributed by atoms with E-state index in [-0.39, 0.29) is 23.7 Å². The smallest absolute Gasteiger partial charge is 0.278 e. The van der Waals surface area contributed by atoms with Crippen LogP contribution in [0.15, 0.2) is 35.4 Å². The highest BCUT2D eigenvalue weighted by molar-refractivity contribution is 7.83. The van der Waals surface area contributed by atoms with Crippen molar-refractivity contribution in [1.82, 2.24) is 14.7 Å². The number of aromatic nitrogens is 2. The second-order valence-corrected chi connectivity index (χ2v) is 13.3. The summed E-state index contributed by atoms with van der Waals surface area (Å²) < 4.78 is 15.8. The molecule has 1 amide bonds. The molecule has 1 spiro atoms. The molecule has 1 unspecified atom stereocenters. The molecule has 1 aliphatic heterocycles. The molecule has 9 nitrogen and oxygen atoms in total. The first-order chi connectivity index (χ1) is 17.4. The average Bonchev–Trinajstić information content (AvgIpc) is 2.82. The summed E-state index contributed by atoms with van der Waals surface area (Å²) in [6, 6.07) is 7.01. The van der Waals surface area contributed by atoms with Crippen molar-refractivity contribution in [3.05, 3.63) is 36.2 Å². The van der Waals surface area contributed by atoms with Crippen molar-refractivity contribution in [2.75, 3.05) is 35.2 Å². The Labute approximate surface area is 222 Å². The van der Waals surface area contributed by atoms with Crippen LogP contribution in [-0.2, 0) is 11.0 Å². The topological polar surface area (TPSA) is 119 Å².